The molecule has 3 aliphatic rings. The maximum absolute atomic E-state index is 14.8. The number of hydrogen-bond donors (Lipinski definition) is 0. The molecule has 4 aromatic carbocycles. The predicted octanol–water partition coefficient (Wildman–Crippen LogP) is 6.67. The Morgan fingerprint density at radius 1 is 0.833 bits per heavy atom. The van der Waals surface area contributed by atoms with Gasteiger partial charge in [0.2, 0.25) is 0 Å². The minimum Gasteiger partial charge on any atom is -0.497 e. The fourth-order valence-electron chi connectivity index (χ4n) is 7.12. The quantitative estimate of drug-likeness (QED) is 0.195. The van der Waals surface area contributed by atoms with Crippen LogP contribution in [0.2, 0.25) is 5.02 Å². The van der Waals surface area contributed by atoms with Crippen molar-refractivity contribution in [3.05, 3.63) is 130 Å². The first-order valence-corrected chi connectivity index (χ1v) is 14.1. The zero-order chi connectivity index (χ0) is 29.2. The lowest BCUT2D eigenvalue weighted by atomic mass is 9.64. The molecule has 0 N–H and O–H groups in total. The highest BCUT2D eigenvalue weighted by Gasteiger charge is 2.72. The van der Waals surface area contributed by atoms with E-state index in [1.165, 1.54) is 7.11 Å². The van der Waals surface area contributed by atoms with Gasteiger partial charge < -0.3 is 14.4 Å². The summed E-state index contributed by atoms with van der Waals surface area (Å²) in [5.74, 6) is -0.722. The number of halogens is 1. The van der Waals surface area contributed by atoms with Gasteiger partial charge in [0.15, 0.2) is 17.3 Å². The van der Waals surface area contributed by atoms with E-state index in [2.05, 4.69) is 0 Å². The van der Waals surface area contributed by atoms with Crippen LogP contribution in [0.1, 0.15) is 48.1 Å². The minimum absolute atomic E-state index is 0.224. The summed E-state index contributed by atoms with van der Waals surface area (Å²) in [5.41, 5.74) is 1.81. The topological polar surface area (TPSA) is 72.9 Å². The molecule has 1 aliphatic carbocycles. The van der Waals surface area contributed by atoms with E-state index < -0.39 is 23.4 Å². The minimum atomic E-state index is -1.62. The van der Waals surface area contributed by atoms with Crippen molar-refractivity contribution in [2.75, 3.05) is 19.1 Å². The third-order valence-corrected chi connectivity index (χ3v) is 9.14. The van der Waals surface area contributed by atoms with E-state index >= 15 is 0 Å². The zero-order valence-corrected chi connectivity index (χ0v) is 23.7. The summed E-state index contributed by atoms with van der Waals surface area (Å²) in [6, 6.07) is 25.0. The largest absolute Gasteiger partial charge is 0.497 e. The number of benzene rings is 4. The Morgan fingerprint density at radius 3 is 2.17 bits per heavy atom. The summed E-state index contributed by atoms with van der Waals surface area (Å²) in [7, 11) is 3.09. The van der Waals surface area contributed by atoms with Crippen LogP contribution in [-0.4, -0.2) is 43.7 Å². The van der Waals surface area contributed by atoms with Crippen molar-refractivity contribution in [2.24, 2.45) is 5.41 Å². The average molecular weight is 576 g/mol. The fourth-order valence-corrected chi connectivity index (χ4v) is 7.25. The van der Waals surface area contributed by atoms with Crippen LogP contribution >= 0.6 is 11.6 Å². The van der Waals surface area contributed by atoms with Gasteiger partial charge in [-0.2, -0.15) is 0 Å². The molecule has 42 heavy (non-hydrogen) atoms. The first kappa shape index (κ1) is 26.2. The van der Waals surface area contributed by atoms with Gasteiger partial charge in [0.1, 0.15) is 23.0 Å². The highest BCUT2D eigenvalue weighted by Crippen LogP contribution is 2.62. The number of hydrogen-bond acceptors (Lipinski definition) is 6. The van der Waals surface area contributed by atoms with Gasteiger partial charge in [0, 0.05) is 44.9 Å². The molecular formula is C35H26ClNO5. The lowest BCUT2D eigenvalue weighted by Crippen LogP contribution is -2.48. The standard InChI is InChI=1S/C35H26ClNO5/c1-41-23-16-17-26(28(19-23)42-2)30-31(32(38)21-11-14-22(36)15-12-21)37-27-10-6-3-7-20(27)13-18-29(37)35(30)33(39)24-8-4-5-9-25(24)34(35)40/h3-19,29-31H,1-2H3/t29-,30+,31-/m0/s1. The van der Waals surface area contributed by atoms with E-state index in [0.717, 1.165) is 11.3 Å². The van der Waals surface area contributed by atoms with Crippen LogP contribution in [0.25, 0.3) is 6.08 Å². The van der Waals surface area contributed by atoms with Crippen LogP contribution in [0.5, 0.6) is 11.5 Å². The maximum atomic E-state index is 14.8. The van der Waals surface area contributed by atoms with Crippen molar-refractivity contribution < 1.29 is 23.9 Å². The Bertz CT molecular complexity index is 1780. The number of Topliss-reactive ketones (excluding diaryl/α,β-unsaturated/α-hetero) is 3. The van der Waals surface area contributed by atoms with Gasteiger partial charge >= 0.3 is 0 Å². The molecule has 0 bridgehead atoms. The summed E-state index contributed by atoms with van der Waals surface area (Å²) >= 11 is 6.19. The number of carbonyl (C=O) groups is 3. The average Bonchev–Trinajstić information content (AvgIpc) is 3.46. The first-order valence-electron chi connectivity index (χ1n) is 13.7. The molecule has 0 amide bonds. The second-order valence-electron chi connectivity index (χ2n) is 10.7. The summed E-state index contributed by atoms with van der Waals surface area (Å²) in [6.07, 6.45) is 3.85. The van der Waals surface area contributed by atoms with Gasteiger partial charge in [0.25, 0.3) is 0 Å². The van der Waals surface area contributed by atoms with Gasteiger partial charge in [-0.25, -0.2) is 0 Å². The van der Waals surface area contributed by atoms with E-state index in [1.54, 1.807) is 67.8 Å². The third-order valence-electron chi connectivity index (χ3n) is 8.89. The molecule has 1 saturated heterocycles. The number of carbonyl (C=O) groups excluding carboxylic acids is 3. The van der Waals surface area contributed by atoms with Crippen LogP contribution in [0.15, 0.2) is 97.1 Å². The number of fused-ring (bicyclic) bond motifs is 5. The highest BCUT2D eigenvalue weighted by molar-refractivity contribution is 6.32. The number of methoxy groups -OCH3 is 2. The summed E-state index contributed by atoms with van der Waals surface area (Å²) in [5, 5.41) is 0.503. The Labute approximate surface area is 248 Å². The second-order valence-corrected chi connectivity index (χ2v) is 11.2. The molecule has 1 fully saturated rings. The van der Waals surface area contributed by atoms with Crippen molar-refractivity contribution in [1.82, 2.24) is 0 Å². The van der Waals surface area contributed by atoms with Crippen molar-refractivity contribution in [3.8, 4) is 11.5 Å². The highest BCUT2D eigenvalue weighted by atomic mass is 35.5. The maximum Gasteiger partial charge on any atom is 0.185 e. The predicted molar refractivity (Wildman–Crippen MR) is 161 cm³/mol. The number of rotatable bonds is 5. The van der Waals surface area contributed by atoms with E-state index in [4.69, 9.17) is 21.1 Å². The molecular weight excluding hydrogens is 550 g/mol. The van der Waals surface area contributed by atoms with Crippen molar-refractivity contribution in [3.63, 3.8) is 0 Å². The molecule has 0 unspecified atom stereocenters. The van der Waals surface area contributed by atoms with Gasteiger partial charge in [-0.3, -0.25) is 14.4 Å². The third kappa shape index (κ3) is 3.48. The van der Waals surface area contributed by atoms with E-state index in [9.17, 15) is 14.4 Å². The SMILES string of the molecule is COc1ccc([C@@H]2[C@@H](C(=O)c3ccc(Cl)cc3)N3c4ccccc4C=C[C@H]3C23C(=O)c2ccccc2C3=O)c(OC)c1. The van der Waals surface area contributed by atoms with E-state index in [1.807, 2.05) is 47.4 Å². The summed E-state index contributed by atoms with van der Waals surface area (Å²) in [6.45, 7) is 0. The Kier molecular flexibility index (Phi) is 6.06. The van der Waals surface area contributed by atoms with E-state index in [-0.39, 0.29) is 17.3 Å². The monoisotopic (exact) mass is 575 g/mol. The zero-order valence-electron chi connectivity index (χ0n) is 22.9. The van der Waals surface area contributed by atoms with Crippen LogP contribution in [0, 0.1) is 5.41 Å². The van der Waals surface area contributed by atoms with Crippen molar-refractivity contribution in [2.45, 2.75) is 18.0 Å². The number of anilines is 1. The van der Waals surface area contributed by atoms with Gasteiger partial charge in [0.05, 0.1) is 20.3 Å². The van der Waals surface area contributed by atoms with Crippen LogP contribution in [0.3, 0.4) is 0 Å². The first-order chi connectivity index (χ1) is 20.4. The lowest BCUT2D eigenvalue weighted by molar-refractivity contribution is 0.0665. The second kappa shape index (κ2) is 9.71. The molecule has 1 spiro atoms. The van der Waals surface area contributed by atoms with Crippen molar-refractivity contribution >= 4 is 40.7 Å². The number of ether oxygens (including phenoxy) is 2. The molecule has 0 saturated carbocycles. The van der Waals surface area contributed by atoms with Crippen LogP contribution in [-0.2, 0) is 0 Å². The Balaban J connectivity index is 1.57. The number of para-hydroxylation sites is 1. The van der Waals surface area contributed by atoms with Crippen LogP contribution in [0.4, 0.5) is 5.69 Å². The van der Waals surface area contributed by atoms with Crippen LogP contribution < -0.4 is 14.4 Å². The molecule has 2 aliphatic heterocycles. The molecule has 0 radical (unpaired) electrons. The Morgan fingerprint density at radius 2 is 1.50 bits per heavy atom. The molecule has 4 aromatic rings. The molecule has 7 heteroatoms. The molecule has 2 heterocycles. The summed E-state index contributed by atoms with van der Waals surface area (Å²) < 4.78 is 11.3. The summed E-state index contributed by atoms with van der Waals surface area (Å²) in [4.78, 5) is 46.3. The number of nitrogens with zero attached hydrogens (tertiary/aromatic N) is 1. The lowest BCUT2D eigenvalue weighted by Gasteiger charge is -2.37. The fraction of sp³-hybridized carbons (Fsp3) is 0.171. The molecule has 208 valence electrons. The number of ketones is 3. The molecule has 0 aromatic heterocycles. The van der Waals surface area contributed by atoms with E-state index in [0.29, 0.717) is 38.8 Å². The van der Waals surface area contributed by atoms with Crippen molar-refractivity contribution in [1.29, 1.82) is 0 Å². The van der Waals surface area contributed by atoms with Gasteiger partial charge in [-0.1, -0.05) is 72.3 Å². The van der Waals surface area contributed by atoms with Gasteiger partial charge in [-0.15, -0.1) is 0 Å². The Hall–Kier alpha value is -4.68. The molecule has 7 rings (SSSR count). The smallest absolute Gasteiger partial charge is 0.185 e. The van der Waals surface area contributed by atoms with Gasteiger partial charge in [-0.05, 0) is 42.0 Å². The molecule has 3 atom stereocenters. The normalized spacial score (nSPS) is 21.2. The molecule has 6 nitrogen and oxygen atoms in total.